The van der Waals surface area contributed by atoms with Crippen molar-refractivity contribution in [3.05, 3.63) is 35.4 Å². The van der Waals surface area contributed by atoms with Gasteiger partial charge in [-0.05, 0) is 23.6 Å². The zero-order chi connectivity index (χ0) is 12.7. The Hall–Kier alpha value is -1.82. The van der Waals surface area contributed by atoms with E-state index < -0.39 is 0 Å². The summed E-state index contributed by atoms with van der Waals surface area (Å²) < 4.78 is 0. The molecule has 0 aliphatic rings. The Morgan fingerprint density at radius 2 is 2.06 bits per heavy atom. The Morgan fingerprint density at radius 1 is 1.41 bits per heavy atom. The van der Waals surface area contributed by atoms with Crippen molar-refractivity contribution in [1.82, 2.24) is 5.32 Å². The zero-order valence-corrected chi connectivity index (χ0v) is 10.4. The SMILES string of the molecule is CCC(C)CNC(=O)Cc1ccc(C#N)cc1. The van der Waals surface area contributed by atoms with Crippen LogP contribution in [0.15, 0.2) is 24.3 Å². The molecule has 0 aliphatic carbocycles. The van der Waals surface area contributed by atoms with Gasteiger partial charge in [0.2, 0.25) is 5.91 Å². The second kappa shape index (κ2) is 6.70. The molecule has 1 N–H and O–H groups in total. The predicted octanol–water partition coefficient (Wildman–Crippen LogP) is 2.26. The van der Waals surface area contributed by atoms with Gasteiger partial charge in [0.15, 0.2) is 0 Å². The van der Waals surface area contributed by atoms with Gasteiger partial charge >= 0.3 is 0 Å². The number of nitrogens with one attached hydrogen (secondary N) is 1. The van der Waals surface area contributed by atoms with Gasteiger partial charge in [0.05, 0.1) is 18.1 Å². The van der Waals surface area contributed by atoms with Crippen molar-refractivity contribution in [3.63, 3.8) is 0 Å². The summed E-state index contributed by atoms with van der Waals surface area (Å²) in [7, 11) is 0. The van der Waals surface area contributed by atoms with Crippen molar-refractivity contribution in [2.45, 2.75) is 26.7 Å². The minimum absolute atomic E-state index is 0.0370. The lowest BCUT2D eigenvalue weighted by Crippen LogP contribution is -2.29. The van der Waals surface area contributed by atoms with Crippen molar-refractivity contribution in [3.8, 4) is 6.07 Å². The smallest absolute Gasteiger partial charge is 0.224 e. The van der Waals surface area contributed by atoms with E-state index >= 15 is 0 Å². The van der Waals surface area contributed by atoms with Gasteiger partial charge in [-0.15, -0.1) is 0 Å². The number of rotatable bonds is 5. The fraction of sp³-hybridized carbons (Fsp3) is 0.429. The van der Waals surface area contributed by atoms with E-state index in [4.69, 9.17) is 5.26 Å². The van der Waals surface area contributed by atoms with Crippen molar-refractivity contribution >= 4 is 5.91 Å². The Balaban J connectivity index is 2.43. The summed E-state index contributed by atoms with van der Waals surface area (Å²) in [6.07, 6.45) is 1.44. The quantitative estimate of drug-likeness (QED) is 0.843. The summed E-state index contributed by atoms with van der Waals surface area (Å²) >= 11 is 0. The van der Waals surface area contributed by atoms with Crippen LogP contribution in [0.25, 0.3) is 0 Å². The van der Waals surface area contributed by atoms with Crippen molar-refractivity contribution < 1.29 is 4.79 Å². The Kier molecular flexibility index (Phi) is 5.22. The molecule has 0 heterocycles. The molecule has 1 aromatic rings. The van der Waals surface area contributed by atoms with E-state index in [2.05, 4.69) is 25.2 Å². The van der Waals surface area contributed by atoms with Gasteiger partial charge in [0, 0.05) is 6.54 Å². The molecule has 3 nitrogen and oxygen atoms in total. The minimum atomic E-state index is 0.0370. The summed E-state index contributed by atoms with van der Waals surface area (Å²) in [6.45, 7) is 4.95. The van der Waals surface area contributed by atoms with Crippen molar-refractivity contribution in [2.75, 3.05) is 6.54 Å². The summed E-state index contributed by atoms with van der Waals surface area (Å²) in [6, 6.07) is 9.16. The summed E-state index contributed by atoms with van der Waals surface area (Å²) in [5.74, 6) is 0.551. The highest BCUT2D eigenvalue weighted by atomic mass is 16.1. The molecule has 0 aromatic heterocycles. The largest absolute Gasteiger partial charge is 0.356 e. The van der Waals surface area contributed by atoms with Crippen LogP contribution in [0.1, 0.15) is 31.4 Å². The second-order valence-corrected chi connectivity index (χ2v) is 4.30. The topological polar surface area (TPSA) is 52.9 Å². The third-order valence-electron chi connectivity index (χ3n) is 2.79. The molecule has 1 atom stereocenters. The van der Waals surface area contributed by atoms with Crippen LogP contribution in [-0.4, -0.2) is 12.5 Å². The molecule has 0 fully saturated rings. The zero-order valence-electron chi connectivity index (χ0n) is 10.4. The fourth-order valence-corrected chi connectivity index (χ4v) is 1.38. The van der Waals surface area contributed by atoms with Gasteiger partial charge < -0.3 is 5.32 Å². The number of hydrogen-bond acceptors (Lipinski definition) is 2. The van der Waals surface area contributed by atoms with E-state index in [0.717, 1.165) is 18.5 Å². The maximum Gasteiger partial charge on any atom is 0.224 e. The molecule has 0 spiro atoms. The first kappa shape index (κ1) is 13.2. The Morgan fingerprint density at radius 3 is 2.59 bits per heavy atom. The average Bonchev–Trinajstić information content (AvgIpc) is 2.36. The van der Waals surface area contributed by atoms with E-state index in [-0.39, 0.29) is 5.91 Å². The van der Waals surface area contributed by atoms with E-state index in [1.54, 1.807) is 12.1 Å². The van der Waals surface area contributed by atoms with Gasteiger partial charge in [0.25, 0.3) is 0 Å². The van der Waals surface area contributed by atoms with E-state index in [9.17, 15) is 4.79 Å². The lowest BCUT2D eigenvalue weighted by molar-refractivity contribution is -0.120. The maximum absolute atomic E-state index is 11.6. The molecule has 1 amide bonds. The highest BCUT2D eigenvalue weighted by Crippen LogP contribution is 2.04. The molecule has 1 aromatic carbocycles. The first-order valence-corrected chi connectivity index (χ1v) is 5.91. The van der Waals surface area contributed by atoms with Crippen LogP contribution in [0.4, 0.5) is 0 Å². The van der Waals surface area contributed by atoms with E-state index in [1.807, 2.05) is 12.1 Å². The normalized spacial score (nSPS) is 11.6. The Bertz CT molecular complexity index is 403. The van der Waals surface area contributed by atoms with Crippen LogP contribution in [-0.2, 0) is 11.2 Å². The number of amides is 1. The highest BCUT2D eigenvalue weighted by molar-refractivity contribution is 5.78. The molecule has 0 bridgehead atoms. The van der Waals surface area contributed by atoms with Gasteiger partial charge in [-0.3, -0.25) is 4.79 Å². The number of hydrogen-bond donors (Lipinski definition) is 1. The third kappa shape index (κ3) is 4.69. The molecule has 0 radical (unpaired) electrons. The van der Waals surface area contributed by atoms with Crippen molar-refractivity contribution in [1.29, 1.82) is 5.26 Å². The molecular formula is C14H18N2O. The van der Waals surface area contributed by atoms with Crippen LogP contribution < -0.4 is 5.32 Å². The van der Waals surface area contributed by atoms with Crippen LogP contribution in [0, 0.1) is 17.2 Å². The predicted molar refractivity (Wildman–Crippen MR) is 67.3 cm³/mol. The molecule has 0 saturated heterocycles. The summed E-state index contributed by atoms with van der Waals surface area (Å²) in [4.78, 5) is 11.6. The maximum atomic E-state index is 11.6. The van der Waals surface area contributed by atoms with Gasteiger partial charge in [-0.25, -0.2) is 0 Å². The van der Waals surface area contributed by atoms with Crippen LogP contribution >= 0.6 is 0 Å². The lowest BCUT2D eigenvalue weighted by atomic mass is 10.1. The molecule has 90 valence electrons. The monoisotopic (exact) mass is 230 g/mol. The van der Waals surface area contributed by atoms with Gasteiger partial charge in [-0.1, -0.05) is 32.4 Å². The third-order valence-corrected chi connectivity index (χ3v) is 2.79. The molecule has 1 unspecified atom stereocenters. The summed E-state index contributed by atoms with van der Waals surface area (Å²) in [5, 5.41) is 11.6. The number of nitrogens with zero attached hydrogens (tertiary/aromatic N) is 1. The van der Waals surface area contributed by atoms with E-state index in [1.165, 1.54) is 0 Å². The van der Waals surface area contributed by atoms with E-state index in [0.29, 0.717) is 17.9 Å². The Labute approximate surface area is 102 Å². The molecule has 0 saturated carbocycles. The van der Waals surface area contributed by atoms with Crippen LogP contribution in [0.3, 0.4) is 0 Å². The standard InChI is InChI=1S/C14H18N2O/c1-3-11(2)10-16-14(17)8-12-4-6-13(9-15)7-5-12/h4-7,11H,3,8,10H2,1-2H3,(H,16,17). The molecule has 1 rings (SSSR count). The first-order chi connectivity index (χ1) is 8.15. The number of carbonyl (C=O) groups excluding carboxylic acids is 1. The number of nitriles is 1. The second-order valence-electron chi connectivity index (χ2n) is 4.30. The molecule has 0 aliphatic heterocycles. The summed E-state index contributed by atoms with van der Waals surface area (Å²) in [5.41, 5.74) is 1.56. The molecule has 3 heteroatoms. The van der Waals surface area contributed by atoms with Crippen molar-refractivity contribution in [2.24, 2.45) is 5.92 Å². The molecular weight excluding hydrogens is 212 g/mol. The first-order valence-electron chi connectivity index (χ1n) is 5.91. The van der Waals surface area contributed by atoms with Gasteiger partial charge in [-0.2, -0.15) is 5.26 Å². The van der Waals surface area contributed by atoms with Crippen LogP contribution in [0.5, 0.6) is 0 Å². The fourth-order valence-electron chi connectivity index (χ4n) is 1.38. The van der Waals surface area contributed by atoms with Crippen LogP contribution in [0.2, 0.25) is 0 Å². The number of carbonyl (C=O) groups is 1. The lowest BCUT2D eigenvalue weighted by Gasteiger charge is -2.10. The minimum Gasteiger partial charge on any atom is -0.356 e. The highest BCUT2D eigenvalue weighted by Gasteiger charge is 2.05. The number of benzene rings is 1. The average molecular weight is 230 g/mol. The van der Waals surface area contributed by atoms with Gasteiger partial charge in [0.1, 0.15) is 0 Å². The molecule has 17 heavy (non-hydrogen) atoms.